The van der Waals surface area contributed by atoms with Gasteiger partial charge in [0.2, 0.25) is 5.89 Å². The molecule has 1 N–H and O–H groups in total. The first-order valence-electron chi connectivity index (χ1n) is 7.69. The average Bonchev–Trinajstić information content (AvgIpc) is 2.87. The van der Waals surface area contributed by atoms with E-state index in [4.69, 9.17) is 9.26 Å². The van der Waals surface area contributed by atoms with Gasteiger partial charge in [0, 0.05) is 18.5 Å². The van der Waals surface area contributed by atoms with Crippen LogP contribution in [-0.4, -0.2) is 39.3 Å². The minimum Gasteiger partial charge on any atom is -0.492 e. The number of nitrogens with zero attached hydrogens (tertiary/aromatic N) is 3. The Balaban J connectivity index is 1.86. The fraction of sp³-hybridized carbons (Fsp3) is 0.438. The molecule has 0 unspecified atom stereocenters. The van der Waals surface area contributed by atoms with E-state index in [-0.39, 0.29) is 0 Å². The van der Waals surface area contributed by atoms with Crippen LogP contribution in [0.25, 0.3) is 0 Å². The molecule has 23 heavy (non-hydrogen) atoms. The van der Waals surface area contributed by atoms with Crippen molar-refractivity contribution in [3.63, 3.8) is 0 Å². The summed E-state index contributed by atoms with van der Waals surface area (Å²) in [4.78, 5) is 17.9. The normalized spacial score (nSPS) is 18.0. The van der Waals surface area contributed by atoms with Gasteiger partial charge in [-0.25, -0.2) is 0 Å². The number of rotatable bonds is 5. The molecule has 0 bridgehead atoms. The zero-order valence-electron chi connectivity index (χ0n) is 12.9. The third-order valence-corrected chi connectivity index (χ3v) is 3.77. The summed E-state index contributed by atoms with van der Waals surface area (Å²) in [6.07, 6.45) is 1.64. The Bertz CT molecular complexity index is 685. The van der Waals surface area contributed by atoms with Crippen LogP contribution in [0.3, 0.4) is 0 Å². The molecule has 1 aromatic heterocycles. The summed E-state index contributed by atoms with van der Waals surface area (Å²) >= 11 is 0. The smallest absolute Gasteiger partial charge is 0.325 e. The summed E-state index contributed by atoms with van der Waals surface area (Å²) in [5.41, 5.74) is 0.648. The van der Waals surface area contributed by atoms with Crippen molar-refractivity contribution in [2.45, 2.75) is 32.4 Å². The molecule has 2 heterocycles. The van der Waals surface area contributed by atoms with Gasteiger partial charge in [0.15, 0.2) is 5.82 Å². The fourth-order valence-corrected chi connectivity index (χ4v) is 2.75. The number of ether oxygens (including phenoxy) is 1. The van der Waals surface area contributed by atoms with E-state index in [1.807, 2.05) is 19.1 Å². The Morgan fingerprint density at radius 1 is 1.43 bits per heavy atom. The summed E-state index contributed by atoms with van der Waals surface area (Å²) < 4.78 is 10.8. The van der Waals surface area contributed by atoms with Crippen LogP contribution < -0.4 is 4.74 Å². The number of aliphatic carboxylic acids is 1. The van der Waals surface area contributed by atoms with Gasteiger partial charge in [-0.05, 0) is 12.5 Å². The highest BCUT2D eigenvalue weighted by atomic mass is 16.5. The summed E-state index contributed by atoms with van der Waals surface area (Å²) in [5.74, 6) is 0.780. The van der Waals surface area contributed by atoms with Gasteiger partial charge in [0.05, 0.1) is 6.54 Å². The van der Waals surface area contributed by atoms with E-state index < -0.39 is 12.0 Å². The van der Waals surface area contributed by atoms with Gasteiger partial charge in [-0.3, -0.25) is 9.69 Å². The van der Waals surface area contributed by atoms with Crippen molar-refractivity contribution < 1.29 is 19.2 Å². The van der Waals surface area contributed by atoms with Crippen LogP contribution in [0, 0.1) is 0 Å². The molecule has 122 valence electrons. The maximum absolute atomic E-state index is 11.8. The highest BCUT2D eigenvalue weighted by Gasteiger charge is 2.33. The topological polar surface area (TPSA) is 88.7 Å². The monoisotopic (exact) mass is 317 g/mol. The Morgan fingerprint density at radius 3 is 3.04 bits per heavy atom. The molecule has 0 radical (unpaired) electrons. The number of para-hydroxylation sites is 1. The van der Waals surface area contributed by atoms with E-state index in [0.717, 1.165) is 12.8 Å². The molecular formula is C16H19N3O4. The molecule has 1 aliphatic rings. The Kier molecular flexibility index (Phi) is 4.57. The van der Waals surface area contributed by atoms with Crippen molar-refractivity contribution in [2.75, 3.05) is 13.2 Å². The van der Waals surface area contributed by atoms with Gasteiger partial charge in [0.25, 0.3) is 0 Å². The van der Waals surface area contributed by atoms with E-state index in [1.165, 1.54) is 0 Å². The number of aromatic nitrogens is 2. The minimum atomic E-state index is -0.916. The van der Waals surface area contributed by atoms with E-state index in [0.29, 0.717) is 42.7 Å². The highest BCUT2D eigenvalue weighted by molar-refractivity contribution is 5.76. The Hall–Kier alpha value is -2.41. The Labute approximate surface area is 133 Å². The van der Waals surface area contributed by atoms with Crippen LogP contribution in [0.5, 0.6) is 5.75 Å². The lowest BCUT2D eigenvalue weighted by Crippen LogP contribution is -2.35. The average molecular weight is 317 g/mol. The maximum Gasteiger partial charge on any atom is 0.325 e. The number of fused-ring (bicyclic) bond motifs is 1. The fourth-order valence-electron chi connectivity index (χ4n) is 2.75. The zero-order chi connectivity index (χ0) is 16.2. The van der Waals surface area contributed by atoms with Crippen LogP contribution in [0.15, 0.2) is 28.8 Å². The number of benzene rings is 1. The summed E-state index contributed by atoms with van der Waals surface area (Å²) in [5, 5.41) is 13.6. The lowest BCUT2D eigenvalue weighted by Gasteiger charge is -2.25. The van der Waals surface area contributed by atoms with E-state index in [9.17, 15) is 9.90 Å². The first-order valence-corrected chi connectivity index (χ1v) is 7.69. The molecule has 0 aliphatic carbocycles. The van der Waals surface area contributed by atoms with Gasteiger partial charge < -0.3 is 14.4 Å². The van der Waals surface area contributed by atoms with Gasteiger partial charge in [-0.15, -0.1) is 0 Å². The summed E-state index contributed by atoms with van der Waals surface area (Å²) in [6.45, 7) is 3.24. The van der Waals surface area contributed by atoms with Crippen LogP contribution in [0.2, 0.25) is 0 Å². The van der Waals surface area contributed by atoms with Crippen molar-refractivity contribution in [3.8, 4) is 5.75 Å². The number of hydrogen-bond donors (Lipinski definition) is 1. The lowest BCUT2D eigenvalue weighted by atomic mass is 10.0. The van der Waals surface area contributed by atoms with Gasteiger partial charge >= 0.3 is 5.97 Å². The number of carboxylic acids is 1. The third kappa shape index (κ3) is 3.34. The van der Waals surface area contributed by atoms with Gasteiger partial charge in [0.1, 0.15) is 18.4 Å². The molecule has 1 atom stereocenters. The predicted molar refractivity (Wildman–Crippen MR) is 81.0 cm³/mol. The highest BCUT2D eigenvalue weighted by Crippen LogP contribution is 2.32. The van der Waals surface area contributed by atoms with Crippen LogP contribution in [-0.2, 0) is 17.8 Å². The van der Waals surface area contributed by atoms with Crippen LogP contribution >= 0.6 is 0 Å². The number of carbonyl (C=O) groups is 1. The second kappa shape index (κ2) is 6.78. The van der Waals surface area contributed by atoms with Crippen molar-refractivity contribution >= 4 is 5.97 Å². The van der Waals surface area contributed by atoms with Crippen molar-refractivity contribution in [3.05, 3.63) is 41.5 Å². The molecule has 0 spiro atoms. The third-order valence-electron chi connectivity index (χ3n) is 3.77. The predicted octanol–water partition coefficient (Wildman–Crippen LogP) is 2.04. The molecule has 3 rings (SSSR count). The largest absolute Gasteiger partial charge is 0.492 e. The molecule has 1 aromatic carbocycles. The quantitative estimate of drug-likeness (QED) is 0.902. The minimum absolute atomic E-state index is 0.307. The second-order valence-corrected chi connectivity index (χ2v) is 5.45. The standard InChI is InChI=1S/C16H19N3O4/c1-2-5-14-17-13(18-23-14)10-19-8-9-22-12-7-4-3-6-11(12)15(19)16(20)21/h3-4,6-7,15H,2,5,8-10H2,1H3,(H,20,21)/t15-/m1/s1. The van der Waals surface area contributed by atoms with E-state index >= 15 is 0 Å². The van der Waals surface area contributed by atoms with Crippen LogP contribution in [0.1, 0.15) is 36.7 Å². The molecule has 1 aliphatic heterocycles. The molecule has 0 saturated heterocycles. The zero-order valence-corrected chi connectivity index (χ0v) is 12.9. The lowest BCUT2D eigenvalue weighted by molar-refractivity contribution is -0.143. The summed E-state index contributed by atoms with van der Waals surface area (Å²) in [6, 6.07) is 6.44. The molecule has 7 heteroatoms. The molecular weight excluding hydrogens is 298 g/mol. The number of hydrogen-bond acceptors (Lipinski definition) is 6. The van der Waals surface area contributed by atoms with Crippen molar-refractivity contribution in [1.29, 1.82) is 0 Å². The molecule has 2 aromatic rings. The Morgan fingerprint density at radius 2 is 2.26 bits per heavy atom. The van der Waals surface area contributed by atoms with E-state index in [1.54, 1.807) is 17.0 Å². The SMILES string of the molecule is CCCc1nc(CN2CCOc3ccccc3[C@@H]2C(=O)O)no1. The van der Waals surface area contributed by atoms with Crippen molar-refractivity contribution in [1.82, 2.24) is 15.0 Å². The molecule has 0 amide bonds. The van der Waals surface area contributed by atoms with Crippen molar-refractivity contribution in [2.24, 2.45) is 0 Å². The first kappa shape index (κ1) is 15.5. The van der Waals surface area contributed by atoms with Gasteiger partial charge in [-0.1, -0.05) is 30.3 Å². The van der Waals surface area contributed by atoms with Gasteiger partial charge in [-0.2, -0.15) is 4.98 Å². The maximum atomic E-state index is 11.8. The summed E-state index contributed by atoms with van der Waals surface area (Å²) in [7, 11) is 0. The van der Waals surface area contributed by atoms with Crippen LogP contribution in [0.4, 0.5) is 0 Å². The molecule has 0 saturated carbocycles. The van der Waals surface area contributed by atoms with E-state index in [2.05, 4.69) is 10.1 Å². The first-order chi connectivity index (χ1) is 11.2. The molecule has 7 nitrogen and oxygen atoms in total. The number of carboxylic acid groups (broad SMARTS) is 1. The number of aryl methyl sites for hydroxylation is 1. The second-order valence-electron chi connectivity index (χ2n) is 5.45. The molecule has 0 fully saturated rings.